The van der Waals surface area contributed by atoms with Crippen LogP contribution in [0.3, 0.4) is 0 Å². The van der Waals surface area contributed by atoms with Gasteiger partial charge in [0.2, 0.25) is 23.8 Å². The zero-order chi connectivity index (χ0) is 22.8. The molecular formula is C23H30FN7O2. The number of benzene rings is 1. The minimum Gasteiger partial charge on any atom is -0.494 e. The van der Waals surface area contributed by atoms with Gasteiger partial charge < -0.3 is 15.4 Å². The Labute approximate surface area is 192 Å². The minimum absolute atomic E-state index is 0.0263. The summed E-state index contributed by atoms with van der Waals surface area (Å²) >= 11 is 0. The van der Waals surface area contributed by atoms with Crippen LogP contribution in [-0.2, 0) is 4.79 Å². The molecule has 33 heavy (non-hydrogen) atoms. The van der Waals surface area contributed by atoms with Gasteiger partial charge in [0.1, 0.15) is 0 Å². The molecule has 1 aliphatic carbocycles. The number of hydrogen-bond donors (Lipinski definition) is 2. The predicted molar refractivity (Wildman–Crippen MR) is 123 cm³/mol. The summed E-state index contributed by atoms with van der Waals surface area (Å²) in [6.07, 6.45) is 8.10. The molecule has 1 aromatic carbocycles. The van der Waals surface area contributed by atoms with E-state index < -0.39 is 5.82 Å². The summed E-state index contributed by atoms with van der Waals surface area (Å²) in [5, 5.41) is 6.41. The van der Waals surface area contributed by atoms with E-state index in [1.54, 1.807) is 17.0 Å². The van der Waals surface area contributed by atoms with Crippen LogP contribution in [0.4, 0.5) is 27.9 Å². The number of carbonyl (C=O) groups excluding carboxylic acids is 1. The van der Waals surface area contributed by atoms with Gasteiger partial charge in [0.25, 0.3) is 0 Å². The Balaban J connectivity index is 1.39. The van der Waals surface area contributed by atoms with E-state index in [0.29, 0.717) is 30.2 Å². The van der Waals surface area contributed by atoms with Crippen LogP contribution in [0.5, 0.6) is 5.75 Å². The molecule has 176 valence electrons. The van der Waals surface area contributed by atoms with Gasteiger partial charge in [-0.15, -0.1) is 0 Å². The number of ether oxygens (including phenoxy) is 1. The highest BCUT2D eigenvalue weighted by Crippen LogP contribution is 2.30. The number of nitrogens with one attached hydrogen (secondary N) is 2. The molecule has 0 radical (unpaired) electrons. The van der Waals surface area contributed by atoms with Gasteiger partial charge in [-0.05, 0) is 43.7 Å². The van der Waals surface area contributed by atoms with Crippen LogP contribution in [0.25, 0.3) is 0 Å². The summed E-state index contributed by atoms with van der Waals surface area (Å²) in [7, 11) is 1.42. The van der Waals surface area contributed by atoms with Crippen molar-refractivity contribution in [1.29, 1.82) is 0 Å². The fraction of sp³-hybridized carbons (Fsp3) is 0.565. The molecular weight excluding hydrogens is 425 g/mol. The van der Waals surface area contributed by atoms with E-state index in [-0.39, 0.29) is 23.6 Å². The highest BCUT2D eigenvalue weighted by Gasteiger charge is 2.43. The number of hydrogen-bond acceptors (Lipinski definition) is 8. The average Bonchev–Trinajstić information content (AvgIpc) is 3.41. The molecule has 3 heterocycles. The molecule has 3 aliphatic rings. The van der Waals surface area contributed by atoms with Crippen molar-refractivity contribution < 1.29 is 13.9 Å². The lowest BCUT2D eigenvalue weighted by Crippen LogP contribution is -2.31. The van der Waals surface area contributed by atoms with Crippen molar-refractivity contribution in [3.05, 3.63) is 24.0 Å². The highest BCUT2D eigenvalue weighted by molar-refractivity contribution is 5.98. The van der Waals surface area contributed by atoms with Gasteiger partial charge in [0.15, 0.2) is 11.6 Å². The summed E-state index contributed by atoms with van der Waals surface area (Å²) in [4.78, 5) is 30.3. The fourth-order valence-corrected chi connectivity index (χ4v) is 4.99. The third kappa shape index (κ3) is 4.71. The molecule has 1 saturated carbocycles. The molecule has 0 bridgehead atoms. The second-order valence-corrected chi connectivity index (χ2v) is 9.02. The summed E-state index contributed by atoms with van der Waals surface area (Å²) < 4.78 is 19.2. The largest absolute Gasteiger partial charge is 0.494 e. The van der Waals surface area contributed by atoms with Gasteiger partial charge in [-0.3, -0.25) is 14.6 Å². The first-order valence-corrected chi connectivity index (χ1v) is 11.8. The van der Waals surface area contributed by atoms with Crippen molar-refractivity contribution in [2.75, 3.05) is 42.4 Å². The van der Waals surface area contributed by atoms with Crippen molar-refractivity contribution in [3.63, 3.8) is 0 Å². The van der Waals surface area contributed by atoms with E-state index in [2.05, 4.69) is 30.5 Å². The zero-order valence-electron chi connectivity index (χ0n) is 18.9. The van der Waals surface area contributed by atoms with E-state index in [1.807, 2.05) is 0 Å². The zero-order valence-corrected chi connectivity index (χ0v) is 18.9. The molecule has 2 N–H and O–H groups in total. The number of anilines is 4. The maximum atomic E-state index is 14.2. The van der Waals surface area contributed by atoms with E-state index in [0.717, 1.165) is 25.9 Å². The molecule has 1 amide bonds. The second kappa shape index (κ2) is 9.46. The number of amides is 1. The van der Waals surface area contributed by atoms with Crippen molar-refractivity contribution in [1.82, 2.24) is 19.9 Å². The minimum atomic E-state index is -0.484. The molecule has 9 nitrogen and oxygen atoms in total. The quantitative estimate of drug-likeness (QED) is 0.655. The van der Waals surface area contributed by atoms with Crippen molar-refractivity contribution >= 4 is 29.4 Å². The summed E-state index contributed by atoms with van der Waals surface area (Å²) in [5.41, 5.74) is 0.483. The average molecular weight is 456 g/mol. The van der Waals surface area contributed by atoms with Crippen LogP contribution in [0, 0.1) is 11.7 Å². The summed E-state index contributed by atoms with van der Waals surface area (Å²) in [5.74, 6) is 1.28. The first-order valence-electron chi connectivity index (χ1n) is 11.8. The number of carbonyl (C=O) groups is 1. The molecule has 0 spiro atoms. The number of nitrogens with zero attached hydrogens (tertiary/aromatic N) is 5. The molecule has 1 aromatic heterocycles. The molecule has 2 aliphatic heterocycles. The van der Waals surface area contributed by atoms with Crippen LogP contribution in [0.2, 0.25) is 0 Å². The van der Waals surface area contributed by atoms with Crippen molar-refractivity contribution in [3.8, 4) is 5.75 Å². The Hall–Kier alpha value is -3.01. The second-order valence-electron chi connectivity index (χ2n) is 9.02. The lowest BCUT2D eigenvalue weighted by atomic mass is 9.89. The Kier molecular flexibility index (Phi) is 6.26. The number of aromatic nitrogens is 3. The predicted octanol–water partition coefficient (Wildman–Crippen LogP) is 3.52. The molecule has 1 unspecified atom stereocenters. The van der Waals surface area contributed by atoms with E-state index >= 15 is 0 Å². The number of fused-ring (bicyclic) bond motifs is 1. The molecule has 2 aromatic rings. The van der Waals surface area contributed by atoms with Crippen LogP contribution in [0.15, 0.2) is 18.2 Å². The standard InChI is InChI=1S/C23H30FN7O2/c1-33-19-10-9-16(12-17(19)24)26-22-27-21(25-13-15-6-3-2-4-7-15)28-23(29-22)31-14-30-11-5-8-18(30)20(31)32/h9-10,12,15,18H,2-8,11,13-14H2,1H3,(H2,25,26,27,28,29). The van der Waals surface area contributed by atoms with Gasteiger partial charge in [-0.1, -0.05) is 19.3 Å². The van der Waals surface area contributed by atoms with Crippen molar-refractivity contribution in [2.24, 2.45) is 5.92 Å². The van der Waals surface area contributed by atoms with Crippen LogP contribution in [0.1, 0.15) is 44.9 Å². The lowest BCUT2D eigenvalue weighted by Gasteiger charge is -2.22. The maximum Gasteiger partial charge on any atom is 0.247 e. The Morgan fingerprint density at radius 2 is 1.91 bits per heavy atom. The van der Waals surface area contributed by atoms with Gasteiger partial charge >= 0.3 is 0 Å². The number of rotatable bonds is 7. The first-order chi connectivity index (χ1) is 16.1. The smallest absolute Gasteiger partial charge is 0.247 e. The van der Waals surface area contributed by atoms with Crippen LogP contribution in [-0.4, -0.2) is 58.7 Å². The Morgan fingerprint density at radius 1 is 1.09 bits per heavy atom. The molecule has 5 rings (SSSR count). The van der Waals surface area contributed by atoms with Crippen LogP contribution >= 0.6 is 0 Å². The first kappa shape index (κ1) is 21.8. The molecule has 2 saturated heterocycles. The van der Waals surface area contributed by atoms with E-state index in [4.69, 9.17) is 4.74 Å². The number of methoxy groups -OCH3 is 1. The van der Waals surface area contributed by atoms with Crippen molar-refractivity contribution in [2.45, 2.75) is 51.0 Å². The summed E-state index contributed by atoms with van der Waals surface area (Å²) in [6.45, 7) is 2.16. The molecule has 10 heteroatoms. The van der Waals surface area contributed by atoms with Gasteiger partial charge in [0.05, 0.1) is 19.8 Å². The van der Waals surface area contributed by atoms with Gasteiger partial charge in [-0.25, -0.2) is 4.39 Å². The Bertz CT molecular complexity index is 1010. The summed E-state index contributed by atoms with van der Waals surface area (Å²) in [6, 6.07) is 4.47. The lowest BCUT2D eigenvalue weighted by molar-refractivity contribution is -0.119. The van der Waals surface area contributed by atoms with Gasteiger partial charge in [-0.2, -0.15) is 15.0 Å². The molecule has 1 atom stereocenters. The number of halogens is 1. The monoisotopic (exact) mass is 455 g/mol. The third-order valence-corrected chi connectivity index (χ3v) is 6.78. The van der Waals surface area contributed by atoms with Crippen LogP contribution < -0.4 is 20.3 Å². The maximum absolute atomic E-state index is 14.2. The fourth-order valence-electron chi connectivity index (χ4n) is 4.99. The Morgan fingerprint density at radius 3 is 2.67 bits per heavy atom. The van der Waals surface area contributed by atoms with E-state index in [9.17, 15) is 9.18 Å². The normalized spacial score (nSPS) is 21.3. The van der Waals surface area contributed by atoms with E-state index in [1.165, 1.54) is 45.3 Å². The molecule has 3 fully saturated rings. The topological polar surface area (TPSA) is 95.5 Å². The third-order valence-electron chi connectivity index (χ3n) is 6.78. The SMILES string of the molecule is COc1ccc(Nc2nc(NCC3CCCCC3)nc(N3CN4CCCC4C3=O)n2)cc1F. The van der Waals surface area contributed by atoms with Gasteiger partial charge in [0, 0.05) is 24.8 Å². The highest BCUT2D eigenvalue weighted by atomic mass is 19.1.